The molecule has 2 saturated carbocycles. The molecule has 1 aromatic carbocycles. The summed E-state index contributed by atoms with van der Waals surface area (Å²) in [6, 6.07) is 1.45. The van der Waals surface area contributed by atoms with Crippen molar-refractivity contribution < 1.29 is 32.6 Å². The number of benzene rings is 1. The molecule has 5 rings (SSSR count). The molecule has 184 valence electrons. The van der Waals surface area contributed by atoms with Gasteiger partial charge >= 0.3 is 6.36 Å². The second-order valence-electron chi connectivity index (χ2n) is 9.44. The molecule has 2 heterocycles. The molecule has 1 aromatic heterocycles. The molecule has 3 aliphatic rings. The number of ketones is 1. The molecule has 3 fully saturated rings. The van der Waals surface area contributed by atoms with E-state index in [-0.39, 0.29) is 35.5 Å². The Labute approximate surface area is 194 Å². The SMILES string of the molecule is Cn1c(C(=O)C2NCCN(C3CCC(O)CC3)C2=O)nc2c(C3CC3)cc(OC(F)(F)F)cc21. The fourth-order valence-corrected chi connectivity index (χ4v) is 5.16. The third-order valence-electron chi connectivity index (χ3n) is 7.06. The molecule has 34 heavy (non-hydrogen) atoms. The van der Waals surface area contributed by atoms with E-state index in [0.29, 0.717) is 55.4 Å². The number of carbonyl (C=O) groups is 2. The van der Waals surface area contributed by atoms with E-state index in [9.17, 15) is 27.9 Å². The number of imidazole rings is 1. The number of aliphatic hydroxyl groups excluding tert-OH is 1. The maximum absolute atomic E-state index is 13.4. The highest BCUT2D eigenvalue weighted by Gasteiger charge is 2.40. The summed E-state index contributed by atoms with van der Waals surface area (Å²) in [5.74, 6) is -1.09. The van der Waals surface area contributed by atoms with Gasteiger partial charge in [0.15, 0.2) is 11.9 Å². The number of aliphatic hydroxyl groups is 1. The highest BCUT2D eigenvalue weighted by atomic mass is 19.4. The number of ether oxygens (including phenoxy) is 1. The zero-order valence-corrected chi connectivity index (χ0v) is 18.8. The summed E-state index contributed by atoms with van der Waals surface area (Å²) in [6.45, 7) is 0.928. The average Bonchev–Trinajstić information content (AvgIpc) is 3.57. The maximum atomic E-state index is 13.4. The molecule has 0 bridgehead atoms. The summed E-state index contributed by atoms with van der Waals surface area (Å²) in [7, 11) is 1.56. The molecular weight excluding hydrogens is 453 g/mol. The zero-order chi connectivity index (χ0) is 24.2. The van der Waals surface area contributed by atoms with Crippen LogP contribution in [-0.2, 0) is 11.8 Å². The predicted octanol–water partition coefficient (Wildman–Crippen LogP) is 2.64. The van der Waals surface area contributed by atoms with Gasteiger partial charge < -0.3 is 19.3 Å². The third-order valence-corrected chi connectivity index (χ3v) is 7.06. The lowest BCUT2D eigenvalue weighted by Gasteiger charge is -2.40. The number of fused-ring (bicyclic) bond motifs is 1. The molecule has 0 spiro atoms. The Hall–Kier alpha value is -2.66. The molecule has 8 nitrogen and oxygen atoms in total. The highest BCUT2D eigenvalue weighted by Crippen LogP contribution is 2.45. The van der Waals surface area contributed by atoms with Gasteiger partial charge in [0.05, 0.1) is 17.1 Å². The average molecular weight is 480 g/mol. The minimum Gasteiger partial charge on any atom is -0.406 e. The Kier molecular flexibility index (Phi) is 5.79. The van der Waals surface area contributed by atoms with Gasteiger partial charge in [-0.05, 0) is 56.1 Å². The van der Waals surface area contributed by atoms with Crippen LogP contribution in [0.1, 0.15) is 60.6 Å². The number of rotatable bonds is 5. The van der Waals surface area contributed by atoms with Crippen molar-refractivity contribution in [3.8, 4) is 5.75 Å². The van der Waals surface area contributed by atoms with Crippen LogP contribution in [0.5, 0.6) is 5.75 Å². The summed E-state index contributed by atoms with van der Waals surface area (Å²) in [6.07, 6.45) is -0.896. The van der Waals surface area contributed by atoms with Gasteiger partial charge in [0.2, 0.25) is 11.7 Å². The topological polar surface area (TPSA) is 96.7 Å². The summed E-state index contributed by atoms with van der Waals surface area (Å²) >= 11 is 0. The first-order valence-corrected chi connectivity index (χ1v) is 11.6. The number of nitrogens with zero attached hydrogens (tertiary/aromatic N) is 3. The minimum absolute atomic E-state index is 0.0164. The molecule has 1 atom stereocenters. The first-order valence-electron chi connectivity index (χ1n) is 11.6. The molecule has 1 saturated heterocycles. The smallest absolute Gasteiger partial charge is 0.406 e. The number of carbonyl (C=O) groups excluding carboxylic acids is 2. The Balaban J connectivity index is 1.45. The van der Waals surface area contributed by atoms with Crippen LogP contribution in [0.4, 0.5) is 13.2 Å². The van der Waals surface area contributed by atoms with Crippen molar-refractivity contribution in [2.75, 3.05) is 13.1 Å². The number of piperazine rings is 1. The van der Waals surface area contributed by atoms with Gasteiger partial charge in [-0.25, -0.2) is 4.98 Å². The molecule has 1 unspecified atom stereocenters. The Morgan fingerprint density at radius 2 is 1.88 bits per heavy atom. The summed E-state index contributed by atoms with van der Waals surface area (Å²) < 4.78 is 44.2. The first kappa shape index (κ1) is 23.1. The number of amides is 1. The van der Waals surface area contributed by atoms with E-state index in [2.05, 4.69) is 15.0 Å². The number of hydrogen-bond acceptors (Lipinski definition) is 6. The van der Waals surface area contributed by atoms with Crippen LogP contribution in [0.25, 0.3) is 11.0 Å². The van der Waals surface area contributed by atoms with Gasteiger partial charge in [0, 0.05) is 32.2 Å². The molecule has 2 aromatic rings. The largest absolute Gasteiger partial charge is 0.573 e. The van der Waals surface area contributed by atoms with Gasteiger partial charge in [0.1, 0.15) is 5.75 Å². The van der Waals surface area contributed by atoms with Crippen LogP contribution in [-0.4, -0.2) is 68.9 Å². The van der Waals surface area contributed by atoms with Crippen molar-refractivity contribution in [2.45, 2.75) is 69.0 Å². The number of alkyl halides is 3. The normalized spacial score (nSPS) is 26.2. The molecule has 1 aliphatic heterocycles. The number of Topliss-reactive ketones (excluding diaryl/α,β-unsaturated/α-hetero) is 1. The van der Waals surface area contributed by atoms with Crippen LogP contribution < -0.4 is 10.1 Å². The second-order valence-corrected chi connectivity index (χ2v) is 9.44. The quantitative estimate of drug-likeness (QED) is 0.505. The lowest BCUT2D eigenvalue weighted by atomic mass is 9.91. The van der Waals surface area contributed by atoms with Crippen molar-refractivity contribution in [3.05, 3.63) is 23.5 Å². The molecule has 2 aliphatic carbocycles. The lowest BCUT2D eigenvalue weighted by Crippen LogP contribution is -2.61. The molecule has 11 heteroatoms. The van der Waals surface area contributed by atoms with E-state index in [4.69, 9.17) is 0 Å². The monoisotopic (exact) mass is 480 g/mol. The Morgan fingerprint density at radius 3 is 2.53 bits per heavy atom. The molecule has 1 amide bonds. The predicted molar refractivity (Wildman–Crippen MR) is 115 cm³/mol. The standard InChI is InChI=1S/C23H27F3N4O4/c1-29-17-11-15(34-23(24,25)26)10-16(12-2-3-12)18(17)28-21(29)20(32)19-22(33)30(9-8-27-19)13-4-6-14(31)7-5-13/h10-14,19,27,31H,2-9H2,1H3. The molecule has 0 radical (unpaired) electrons. The van der Waals surface area contributed by atoms with Crippen molar-refractivity contribution in [1.82, 2.24) is 19.8 Å². The third kappa shape index (κ3) is 4.38. The fraction of sp³-hybridized carbons (Fsp3) is 0.609. The first-order chi connectivity index (χ1) is 16.1. The minimum atomic E-state index is -4.83. The molecule has 2 N–H and O–H groups in total. The van der Waals surface area contributed by atoms with Crippen molar-refractivity contribution in [3.63, 3.8) is 0 Å². The van der Waals surface area contributed by atoms with Gasteiger partial charge in [0.25, 0.3) is 0 Å². The number of aromatic nitrogens is 2. The van der Waals surface area contributed by atoms with Crippen molar-refractivity contribution >= 4 is 22.7 Å². The van der Waals surface area contributed by atoms with Crippen molar-refractivity contribution in [2.24, 2.45) is 7.05 Å². The van der Waals surface area contributed by atoms with Crippen LogP contribution in [0.3, 0.4) is 0 Å². The van der Waals surface area contributed by atoms with E-state index in [0.717, 1.165) is 12.8 Å². The molecular formula is C23H27F3N4O4. The maximum Gasteiger partial charge on any atom is 0.573 e. The van der Waals surface area contributed by atoms with Gasteiger partial charge in [-0.15, -0.1) is 13.2 Å². The van der Waals surface area contributed by atoms with Gasteiger partial charge in [-0.2, -0.15) is 0 Å². The zero-order valence-electron chi connectivity index (χ0n) is 18.8. The Morgan fingerprint density at radius 1 is 1.18 bits per heavy atom. The lowest BCUT2D eigenvalue weighted by molar-refractivity contribution is -0.274. The summed E-state index contributed by atoms with van der Waals surface area (Å²) in [4.78, 5) is 32.9. The van der Waals surface area contributed by atoms with Crippen LogP contribution in [0, 0.1) is 0 Å². The second kappa shape index (κ2) is 8.53. The van der Waals surface area contributed by atoms with E-state index in [1.807, 2.05) is 0 Å². The van der Waals surface area contributed by atoms with Crippen LogP contribution in [0.15, 0.2) is 12.1 Å². The number of halogens is 3. The number of nitrogens with one attached hydrogen (secondary N) is 1. The number of aryl methyl sites for hydroxylation is 1. The summed E-state index contributed by atoms with van der Waals surface area (Å²) in [5, 5.41) is 12.8. The number of hydrogen-bond donors (Lipinski definition) is 2. The van der Waals surface area contributed by atoms with Crippen LogP contribution >= 0.6 is 0 Å². The van der Waals surface area contributed by atoms with E-state index >= 15 is 0 Å². The Bertz CT molecular complexity index is 1120. The summed E-state index contributed by atoms with van der Waals surface area (Å²) in [5.41, 5.74) is 1.44. The van der Waals surface area contributed by atoms with Crippen molar-refractivity contribution in [1.29, 1.82) is 0 Å². The van der Waals surface area contributed by atoms with Gasteiger partial charge in [-0.3, -0.25) is 14.9 Å². The van der Waals surface area contributed by atoms with Gasteiger partial charge in [-0.1, -0.05) is 0 Å². The van der Waals surface area contributed by atoms with E-state index < -0.39 is 18.2 Å². The van der Waals surface area contributed by atoms with E-state index in [1.54, 1.807) is 11.9 Å². The van der Waals surface area contributed by atoms with Crippen LogP contribution in [0.2, 0.25) is 0 Å². The van der Waals surface area contributed by atoms with E-state index in [1.165, 1.54) is 16.7 Å². The highest BCUT2D eigenvalue weighted by molar-refractivity contribution is 6.13. The fourth-order valence-electron chi connectivity index (χ4n) is 5.16.